The number of fused-ring (bicyclic) bond motifs is 1. The zero-order valence-corrected chi connectivity index (χ0v) is 12.7. The maximum absolute atomic E-state index is 10.7. The van der Waals surface area contributed by atoms with Gasteiger partial charge in [-0.3, -0.25) is 9.69 Å². The molecule has 1 aromatic rings. The van der Waals surface area contributed by atoms with Gasteiger partial charge in [-0.1, -0.05) is 0 Å². The summed E-state index contributed by atoms with van der Waals surface area (Å²) < 4.78 is 0. The van der Waals surface area contributed by atoms with Gasteiger partial charge in [-0.2, -0.15) is 0 Å². The Bertz CT molecular complexity index is 471. The van der Waals surface area contributed by atoms with E-state index in [1.165, 1.54) is 38.6 Å². The average molecular weight is 293 g/mol. The molecule has 1 N–H and O–H groups in total. The Morgan fingerprint density at radius 3 is 3.15 bits per heavy atom. The minimum Gasteiger partial charge on any atom is -0.481 e. The monoisotopic (exact) mass is 293 g/mol. The van der Waals surface area contributed by atoms with Gasteiger partial charge in [0, 0.05) is 23.9 Å². The zero-order chi connectivity index (χ0) is 13.9. The van der Waals surface area contributed by atoms with Gasteiger partial charge in [0.1, 0.15) is 0 Å². The van der Waals surface area contributed by atoms with Crippen LogP contribution in [0.5, 0.6) is 0 Å². The molecule has 1 fully saturated rings. The third-order valence-corrected chi connectivity index (χ3v) is 5.77. The number of aliphatic carboxylic acids is 1. The van der Waals surface area contributed by atoms with E-state index in [9.17, 15) is 4.79 Å². The lowest BCUT2D eigenvalue weighted by Gasteiger charge is -2.40. The Hall–Kier alpha value is -0.870. The van der Waals surface area contributed by atoms with Crippen molar-refractivity contribution in [2.24, 2.45) is 5.92 Å². The molecule has 0 spiro atoms. The van der Waals surface area contributed by atoms with E-state index in [0.29, 0.717) is 18.4 Å². The zero-order valence-electron chi connectivity index (χ0n) is 11.9. The molecule has 20 heavy (non-hydrogen) atoms. The van der Waals surface area contributed by atoms with Crippen molar-refractivity contribution in [3.8, 4) is 0 Å². The molecule has 1 aromatic heterocycles. The quantitative estimate of drug-likeness (QED) is 0.920. The second-order valence-corrected chi connectivity index (χ2v) is 7.14. The van der Waals surface area contributed by atoms with Crippen molar-refractivity contribution < 1.29 is 9.90 Å². The summed E-state index contributed by atoms with van der Waals surface area (Å²) in [5, 5.41) is 11.1. The highest BCUT2D eigenvalue weighted by molar-refractivity contribution is 7.10. The van der Waals surface area contributed by atoms with Crippen molar-refractivity contribution in [2.45, 2.75) is 51.0 Å². The van der Waals surface area contributed by atoms with E-state index in [-0.39, 0.29) is 0 Å². The lowest BCUT2D eigenvalue weighted by Crippen LogP contribution is -2.39. The van der Waals surface area contributed by atoms with Crippen LogP contribution in [-0.4, -0.2) is 29.1 Å². The summed E-state index contributed by atoms with van der Waals surface area (Å²) in [6.45, 7) is 2.27. The first-order chi connectivity index (χ1) is 9.74. The van der Waals surface area contributed by atoms with Gasteiger partial charge in [-0.05, 0) is 68.0 Å². The number of thiophene rings is 1. The third kappa shape index (κ3) is 3.07. The molecule has 2 heterocycles. The molecule has 3 rings (SSSR count). The van der Waals surface area contributed by atoms with Gasteiger partial charge in [-0.25, -0.2) is 0 Å². The molecule has 0 aromatic carbocycles. The summed E-state index contributed by atoms with van der Waals surface area (Å²) in [7, 11) is 0. The van der Waals surface area contributed by atoms with Gasteiger partial charge in [0.05, 0.1) is 0 Å². The highest BCUT2D eigenvalue weighted by Crippen LogP contribution is 2.39. The molecule has 1 saturated heterocycles. The predicted octanol–water partition coefficient (Wildman–Crippen LogP) is 3.70. The van der Waals surface area contributed by atoms with Crippen molar-refractivity contribution in [3.05, 3.63) is 21.9 Å². The van der Waals surface area contributed by atoms with E-state index in [4.69, 9.17) is 5.11 Å². The molecule has 1 aliphatic carbocycles. The molecule has 0 saturated carbocycles. The number of rotatable bonds is 4. The van der Waals surface area contributed by atoms with Crippen LogP contribution in [0.25, 0.3) is 0 Å². The van der Waals surface area contributed by atoms with E-state index < -0.39 is 5.97 Å². The highest BCUT2D eigenvalue weighted by atomic mass is 32.1. The van der Waals surface area contributed by atoms with E-state index >= 15 is 0 Å². The third-order valence-electron chi connectivity index (χ3n) is 4.78. The first-order valence-electron chi connectivity index (χ1n) is 7.76. The average Bonchev–Trinajstić information content (AvgIpc) is 2.93. The number of hydrogen-bond donors (Lipinski definition) is 1. The number of hydrogen-bond acceptors (Lipinski definition) is 3. The number of carboxylic acid groups (broad SMARTS) is 1. The van der Waals surface area contributed by atoms with Gasteiger partial charge in [-0.15, -0.1) is 11.3 Å². The second kappa shape index (κ2) is 6.27. The summed E-state index contributed by atoms with van der Waals surface area (Å²) >= 11 is 1.90. The number of piperidine rings is 1. The lowest BCUT2D eigenvalue weighted by atomic mass is 9.88. The summed E-state index contributed by atoms with van der Waals surface area (Å²) in [6, 6.07) is 2.91. The standard InChI is InChI=1S/C16H23NO2S/c18-16(19)7-6-12-3-2-9-17(11-12)14-4-1-5-15-13(14)8-10-20-15/h8,10,12,14H,1-7,9,11H2,(H,18,19). The second-order valence-electron chi connectivity index (χ2n) is 6.14. The molecule has 2 aliphatic rings. The van der Waals surface area contributed by atoms with Crippen LogP contribution < -0.4 is 0 Å². The first kappa shape index (κ1) is 14.1. The molecule has 0 bridgehead atoms. The Balaban J connectivity index is 1.64. The van der Waals surface area contributed by atoms with Gasteiger partial charge in [0.2, 0.25) is 0 Å². The smallest absolute Gasteiger partial charge is 0.303 e. The number of carbonyl (C=O) groups is 1. The molecule has 0 amide bonds. The minimum atomic E-state index is -0.653. The molecule has 110 valence electrons. The van der Waals surface area contributed by atoms with Crippen LogP contribution >= 0.6 is 11.3 Å². The van der Waals surface area contributed by atoms with Crippen molar-refractivity contribution in [1.29, 1.82) is 0 Å². The van der Waals surface area contributed by atoms with E-state index in [1.54, 1.807) is 10.4 Å². The number of nitrogens with zero attached hydrogens (tertiary/aromatic N) is 1. The molecule has 0 radical (unpaired) electrons. The Morgan fingerprint density at radius 1 is 1.40 bits per heavy atom. The van der Waals surface area contributed by atoms with Gasteiger partial charge in [0.25, 0.3) is 0 Å². The SMILES string of the molecule is O=C(O)CCC1CCCN(C2CCCc3sccc32)C1. The maximum Gasteiger partial charge on any atom is 0.303 e. The van der Waals surface area contributed by atoms with Crippen molar-refractivity contribution >= 4 is 17.3 Å². The lowest BCUT2D eigenvalue weighted by molar-refractivity contribution is -0.137. The molecule has 4 heteroatoms. The van der Waals surface area contributed by atoms with Crippen LogP contribution in [0.3, 0.4) is 0 Å². The predicted molar refractivity (Wildman–Crippen MR) is 81.2 cm³/mol. The fourth-order valence-electron chi connectivity index (χ4n) is 3.78. The van der Waals surface area contributed by atoms with Crippen LogP contribution in [0.1, 0.15) is 55.0 Å². The van der Waals surface area contributed by atoms with Crippen LogP contribution in [0, 0.1) is 5.92 Å². The summed E-state index contributed by atoms with van der Waals surface area (Å²) in [5.41, 5.74) is 1.56. The number of likely N-dealkylation sites (tertiary alicyclic amines) is 1. The number of aryl methyl sites for hydroxylation is 1. The van der Waals surface area contributed by atoms with Crippen molar-refractivity contribution in [1.82, 2.24) is 4.90 Å². The largest absolute Gasteiger partial charge is 0.481 e. The topological polar surface area (TPSA) is 40.5 Å². The molecule has 2 unspecified atom stereocenters. The van der Waals surface area contributed by atoms with Gasteiger partial charge in [0.15, 0.2) is 0 Å². The number of carboxylic acids is 1. The summed E-state index contributed by atoms with van der Waals surface area (Å²) in [6.07, 6.45) is 7.42. The first-order valence-corrected chi connectivity index (χ1v) is 8.64. The maximum atomic E-state index is 10.7. The van der Waals surface area contributed by atoms with Crippen LogP contribution in [0.15, 0.2) is 11.4 Å². The fourth-order valence-corrected chi connectivity index (χ4v) is 4.77. The minimum absolute atomic E-state index is 0.326. The Labute approximate surface area is 124 Å². The molecule has 2 atom stereocenters. The molecule has 1 aliphatic heterocycles. The van der Waals surface area contributed by atoms with Gasteiger partial charge < -0.3 is 5.11 Å². The normalized spacial score (nSPS) is 27.2. The van der Waals surface area contributed by atoms with Crippen LogP contribution in [0.2, 0.25) is 0 Å². The fraction of sp³-hybridized carbons (Fsp3) is 0.688. The van der Waals surface area contributed by atoms with E-state index in [1.807, 2.05) is 11.3 Å². The molecular weight excluding hydrogens is 270 g/mol. The van der Waals surface area contributed by atoms with E-state index in [0.717, 1.165) is 13.0 Å². The summed E-state index contributed by atoms with van der Waals surface area (Å²) in [5.74, 6) is -0.0798. The Kier molecular flexibility index (Phi) is 4.41. The van der Waals surface area contributed by atoms with E-state index in [2.05, 4.69) is 16.3 Å². The highest BCUT2D eigenvalue weighted by Gasteiger charge is 2.30. The molecular formula is C16H23NO2S. The Morgan fingerprint density at radius 2 is 2.30 bits per heavy atom. The van der Waals surface area contributed by atoms with Crippen molar-refractivity contribution in [3.63, 3.8) is 0 Å². The van der Waals surface area contributed by atoms with Crippen LogP contribution in [0.4, 0.5) is 0 Å². The summed E-state index contributed by atoms with van der Waals surface area (Å²) in [4.78, 5) is 14.9. The van der Waals surface area contributed by atoms with Crippen molar-refractivity contribution in [2.75, 3.05) is 13.1 Å². The van der Waals surface area contributed by atoms with Gasteiger partial charge >= 0.3 is 5.97 Å². The van der Waals surface area contributed by atoms with Crippen LogP contribution in [-0.2, 0) is 11.2 Å². The molecule has 3 nitrogen and oxygen atoms in total.